The van der Waals surface area contributed by atoms with Crippen LogP contribution >= 0.6 is 22.9 Å². The van der Waals surface area contributed by atoms with Gasteiger partial charge in [-0.2, -0.15) is 0 Å². The fourth-order valence-corrected chi connectivity index (χ4v) is 4.54. The molecule has 9 heteroatoms. The average molecular weight is 470 g/mol. The van der Waals surface area contributed by atoms with Crippen molar-refractivity contribution in [3.05, 3.63) is 91.5 Å². The molecule has 0 saturated heterocycles. The van der Waals surface area contributed by atoms with E-state index in [4.69, 9.17) is 16.3 Å². The second-order valence-electron chi connectivity index (χ2n) is 6.92. The van der Waals surface area contributed by atoms with E-state index in [9.17, 15) is 14.0 Å². The number of aliphatic imine (C=N–C) groups is 1. The number of fused-ring (bicyclic) bond motifs is 1. The second kappa shape index (κ2) is 8.94. The summed E-state index contributed by atoms with van der Waals surface area (Å²) in [6.07, 6.45) is 4.32. The summed E-state index contributed by atoms with van der Waals surface area (Å²) in [6.45, 7) is 1.98. The maximum atomic E-state index is 13.9. The van der Waals surface area contributed by atoms with Crippen LogP contribution in [0.4, 0.5) is 4.39 Å². The van der Waals surface area contributed by atoms with Crippen molar-refractivity contribution in [1.82, 2.24) is 9.55 Å². The molecule has 0 aliphatic rings. The van der Waals surface area contributed by atoms with Crippen LogP contribution in [-0.2, 0) is 0 Å². The number of halogens is 2. The van der Waals surface area contributed by atoms with E-state index in [2.05, 4.69) is 9.98 Å². The molecular weight excluding hydrogens is 453 g/mol. The summed E-state index contributed by atoms with van der Waals surface area (Å²) < 4.78 is 20.2. The highest BCUT2D eigenvalue weighted by Gasteiger charge is 2.16. The van der Waals surface area contributed by atoms with Gasteiger partial charge in [-0.05, 0) is 30.7 Å². The Morgan fingerprint density at radius 1 is 1.22 bits per heavy atom. The zero-order valence-corrected chi connectivity index (χ0v) is 18.6. The van der Waals surface area contributed by atoms with Gasteiger partial charge in [0, 0.05) is 29.1 Å². The number of aryl methyl sites for hydroxylation is 1. The fourth-order valence-electron chi connectivity index (χ4n) is 3.15. The molecule has 0 unspecified atom stereocenters. The van der Waals surface area contributed by atoms with Gasteiger partial charge in [0.25, 0.3) is 5.56 Å². The molecule has 1 N–H and O–H groups in total. The predicted molar refractivity (Wildman–Crippen MR) is 128 cm³/mol. The lowest BCUT2D eigenvalue weighted by atomic mass is 10.1. The lowest BCUT2D eigenvalue weighted by Crippen LogP contribution is -2.30. The van der Waals surface area contributed by atoms with E-state index >= 15 is 0 Å². The van der Waals surface area contributed by atoms with Gasteiger partial charge in [-0.1, -0.05) is 41.4 Å². The normalized spacial score (nSPS) is 11.8. The van der Waals surface area contributed by atoms with Crippen LogP contribution < -0.4 is 16.0 Å². The number of thiophene rings is 1. The number of H-pyrrole nitrogens is 1. The van der Waals surface area contributed by atoms with E-state index in [1.165, 1.54) is 25.6 Å². The van der Waals surface area contributed by atoms with Crippen LogP contribution in [0, 0.1) is 12.7 Å². The van der Waals surface area contributed by atoms with Gasteiger partial charge in [-0.3, -0.25) is 9.79 Å². The number of hydrogen-bond donors (Lipinski definition) is 1. The van der Waals surface area contributed by atoms with Crippen molar-refractivity contribution < 1.29 is 9.13 Å². The van der Waals surface area contributed by atoms with Crippen molar-refractivity contribution >= 4 is 45.6 Å². The molecule has 0 atom stereocenters. The van der Waals surface area contributed by atoms with Crippen molar-refractivity contribution in [3.8, 4) is 16.2 Å². The minimum absolute atomic E-state index is 0.0298. The number of hydrogen-bond acceptors (Lipinski definition) is 5. The molecule has 2 heterocycles. The zero-order chi connectivity index (χ0) is 22.8. The standard InChI is InChI=1S/C23H17ClFN3O3S/c1-13-4-3-5-14(8-13)12-26-6-7-28-22(29)21-18(27-23(28)30)11-20(32-21)15-9-19(31-2)17(25)10-16(15)24/h3-12H,1-2H3,(H,27,30)/b7-6+,26-12?. The summed E-state index contributed by atoms with van der Waals surface area (Å²) in [5.74, 6) is -0.559. The van der Waals surface area contributed by atoms with E-state index in [0.29, 0.717) is 20.7 Å². The molecule has 0 aliphatic carbocycles. The molecule has 2 aromatic heterocycles. The molecule has 0 spiro atoms. The summed E-state index contributed by atoms with van der Waals surface area (Å²) in [5, 5.41) is 0.169. The van der Waals surface area contributed by atoms with Crippen LogP contribution in [0.15, 0.2) is 63.2 Å². The van der Waals surface area contributed by atoms with E-state index < -0.39 is 17.1 Å². The molecule has 6 nitrogen and oxygen atoms in total. The maximum Gasteiger partial charge on any atom is 0.333 e. The Kier molecular flexibility index (Phi) is 6.07. The van der Waals surface area contributed by atoms with Gasteiger partial charge in [0.05, 0.1) is 17.6 Å². The summed E-state index contributed by atoms with van der Waals surface area (Å²) in [7, 11) is 1.35. The van der Waals surface area contributed by atoms with E-state index in [-0.39, 0.29) is 10.8 Å². The summed E-state index contributed by atoms with van der Waals surface area (Å²) >= 11 is 7.33. The van der Waals surface area contributed by atoms with Gasteiger partial charge in [-0.15, -0.1) is 11.3 Å². The Balaban J connectivity index is 1.71. The molecule has 4 aromatic rings. The Morgan fingerprint density at radius 3 is 2.78 bits per heavy atom. The van der Waals surface area contributed by atoms with Crippen LogP contribution in [0.1, 0.15) is 11.1 Å². The molecule has 0 saturated carbocycles. The molecular formula is C23H17ClFN3O3S. The van der Waals surface area contributed by atoms with Crippen LogP contribution in [0.5, 0.6) is 5.75 Å². The lowest BCUT2D eigenvalue weighted by Gasteiger charge is -2.06. The van der Waals surface area contributed by atoms with Crippen molar-refractivity contribution in [2.24, 2.45) is 4.99 Å². The number of ether oxygens (including phenoxy) is 1. The zero-order valence-electron chi connectivity index (χ0n) is 17.1. The first-order valence-electron chi connectivity index (χ1n) is 9.45. The minimum Gasteiger partial charge on any atom is -0.494 e. The monoisotopic (exact) mass is 469 g/mol. The number of nitrogens with one attached hydrogen (secondary N) is 1. The van der Waals surface area contributed by atoms with E-state index in [0.717, 1.165) is 33.1 Å². The topological polar surface area (TPSA) is 76.5 Å². The lowest BCUT2D eigenvalue weighted by molar-refractivity contribution is 0.387. The third-order valence-electron chi connectivity index (χ3n) is 4.68. The van der Waals surface area contributed by atoms with Gasteiger partial charge < -0.3 is 9.72 Å². The Bertz CT molecular complexity index is 1500. The highest BCUT2D eigenvalue weighted by atomic mass is 35.5. The molecule has 2 aromatic carbocycles. The van der Waals surface area contributed by atoms with Crippen LogP contribution in [-0.4, -0.2) is 22.9 Å². The maximum absolute atomic E-state index is 13.9. The number of aromatic amines is 1. The highest BCUT2D eigenvalue weighted by molar-refractivity contribution is 7.22. The van der Waals surface area contributed by atoms with Crippen molar-refractivity contribution in [1.29, 1.82) is 0 Å². The summed E-state index contributed by atoms with van der Waals surface area (Å²) in [6, 6.07) is 12.0. The third-order valence-corrected chi connectivity index (χ3v) is 6.15. The van der Waals surface area contributed by atoms with Gasteiger partial charge in [-0.25, -0.2) is 13.8 Å². The first-order chi connectivity index (χ1) is 15.4. The summed E-state index contributed by atoms with van der Waals surface area (Å²) in [4.78, 5) is 32.8. The van der Waals surface area contributed by atoms with Gasteiger partial charge in [0.1, 0.15) is 4.70 Å². The first kappa shape index (κ1) is 21.7. The minimum atomic E-state index is -0.600. The molecule has 4 rings (SSSR count). The van der Waals surface area contributed by atoms with Crippen molar-refractivity contribution in [2.75, 3.05) is 7.11 Å². The predicted octanol–water partition coefficient (Wildman–Crippen LogP) is 5.08. The number of nitrogens with zero attached hydrogens (tertiary/aromatic N) is 2. The molecule has 0 fully saturated rings. The molecule has 0 amide bonds. The number of rotatable bonds is 5. The van der Waals surface area contributed by atoms with E-state index in [1.807, 2.05) is 31.2 Å². The highest BCUT2D eigenvalue weighted by Crippen LogP contribution is 2.38. The van der Waals surface area contributed by atoms with Gasteiger partial charge in [0.2, 0.25) is 0 Å². The smallest absolute Gasteiger partial charge is 0.333 e. The second-order valence-corrected chi connectivity index (χ2v) is 8.38. The quantitative estimate of drug-likeness (QED) is 0.414. The van der Waals surface area contributed by atoms with E-state index in [1.54, 1.807) is 12.3 Å². The van der Waals surface area contributed by atoms with Crippen molar-refractivity contribution in [2.45, 2.75) is 6.92 Å². The van der Waals surface area contributed by atoms with Crippen LogP contribution in [0.3, 0.4) is 0 Å². The molecule has 0 radical (unpaired) electrons. The first-order valence-corrected chi connectivity index (χ1v) is 10.6. The molecule has 32 heavy (non-hydrogen) atoms. The van der Waals surface area contributed by atoms with Gasteiger partial charge >= 0.3 is 5.69 Å². The fraction of sp³-hybridized carbons (Fsp3) is 0.0870. The Labute approximate surface area is 190 Å². The van der Waals surface area contributed by atoms with Crippen LogP contribution in [0.2, 0.25) is 5.02 Å². The Morgan fingerprint density at radius 2 is 2.03 bits per heavy atom. The Hall–Kier alpha value is -3.49. The van der Waals surface area contributed by atoms with Crippen LogP contribution in [0.25, 0.3) is 26.9 Å². The molecule has 162 valence electrons. The number of aromatic nitrogens is 2. The summed E-state index contributed by atoms with van der Waals surface area (Å²) in [5.41, 5.74) is 1.77. The number of benzene rings is 2. The van der Waals surface area contributed by atoms with Crippen molar-refractivity contribution in [3.63, 3.8) is 0 Å². The third kappa shape index (κ3) is 4.28. The molecule has 0 aliphatic heterocycles. The molecule has 0 bridgehead atoms. The largest absolute Gasteiger partial charge is 0.494 e. The van der Waals surface area contributed by atoms with Gasteiger partial charge in [0.15, 0.2) is 11.6 Å². The number of methoxy groups -OCH3 is 1. The average Bonchev–Trinajstić information content (AvgIpc) is 3.17. The SMILES string of the molecule is COc1cc(-c2cc3[nH]c(=O)n(/C=C/N=Cc4cccc(C)c4)c(=O)c3s2)c(Cl)cc1F.